The van der Waals surface area contributed by atoms with Crippen molar-refractivity contribution in [3.05, 3.63) is 50.3 Å². The van der Waals surface area contributed by atoms with Crippen LogP contribution in [0.5, 0.6) is 0 Å². The second kappa shape index (κ2) is 5.66. The summed E-state index contributed by atoms with van der Waals surface area (Å²) in [7, 11) is 0. The standard InChI is InChI=1S/C12H9BrIN3O/c13-9-2-1-7(14)5-8(9)12(18)17-11-3-4-16-6-10(11)15/h1-6H,15H2,(H,16,17,18). The molecule has 0 saturated carbocycles. The Morgan fingerprint density at radius 2 is 2.17 bits per heavy atom. The Kier molecular flexibility index (Phi) is 4.18. The number of aromatic nitrogens is 1. The zero-order valence-corrected chi connectivity index (χ0v) is 12.9. The van der Waals surface area contributed by atoms with Crippen LogP contribution in [0.15, 0.2) is 41.1 Å². The summed E-state index contributed by atoms with van der Waals surface area (Å²) in [6, 6.07) is 7.22. The molecule has 0 aliphatic heterocycles. The van der Waals surface area contributed by atoms with Gasteiger partial charge in [-0.2, -0.15) is 0 Å². The van der Waals surface area contributed by atoms with E-state index in [1.54, 1.807) is 18.3 Å². The van der Waals surface area contributed by atoms with E-state index in [2.05, 4.69) is 48.8 Å². The molecule has 6 heteroatoms. The molecule has 92 valence electrons. The van der Waals surface area contributed by atoms with Crippen LogP contribution in [-0.2, 0) is 0 Å². The molecule has 0 atom stereocenters. The summed E-state index contributed by atoms with van der Waals surface area (Å²) in [6.07, 6.45) is 3.08. The molecule has 0 radical (unpaired) electrons. The van der Waals surface area contributed by atoms with E-state index in [1.165, 1.54) is 6.20 Å². The minimum Gasteiger partial charge on any atom is -0.396 e. The number of hydrogen-bond donors (Lipinski definition) is 2. The molecule has 1 heterocycles. The van der Waals surface area contributed by atoms with Gasteiger partial charge in [0.1, 0.15) is 0 Å². The van der Waals surface area contributed by atoms with Gasteiger partial charge in [0.2, 0.25) is 0 Å². The third-order valence-electron chi connectivity index (χ3n) is 2.27. The minimum absolute atomic E-state index is 0.210. The molecule has 2 aromatic rings. The quantitative estimate of drug-likeness (QED) is 0.736. The van der Waals surface area contributed by atoms with E-state index in [0.29, 0.717) is 16.9 Å². The van der Waals surface area contributed by atoms with E-state index in [-0.39, 0.29) is 5.91 Å². The number of hydrogen-bond acceptors (Lipinski definition) is 3. The van der Waals surface area contributed by atoms with Crippen LogP contribution in [0.3, 0.4) is 0 Å². The van der Waals surface area contributed by atoms with Crippen molar-refractivity contribution in [3.63, 3.8) is 0 Å². The van der Waals surface area contributed by atoms with E-state index in [9.17, 15) is 4.79 Å². The number of nitrogens with one attached hydrogen (secondary N) is 1. The first-order chi connectivity index (χ1) is 8.58. The van der Waals surface area contributed by atoms with Gasteiger partial charge in [0.15, 0.2) is 0 Å². The lowest BCUT2D eigenvalue weighted by atomic mass is 10.2. The summed E-state index contributed by atoms with van der Waals surface area (Å²) in [5.74, 6) is -0.210. The summed E-state index contributed by atoms with van der Waals surface area (Å²) in [5, 5.41) is 2.76. The molecule has 0 bridgehead atoms. The maximum atomic E-state index is 12.1. The minimum atomic E-state index is -0.210. The maximum Gasteiger partial charge on any atom is 0.256 e. The van der Waals surface area contributed by atoms with Gasteiger partial charge in [0.25, 0.3) is 5.91 Å². The van der Waals surface area contributed by atoms with E-state index in [1.807, 2.05) is 12.1 Å². The van der Waals surface area contributed by atoms with Gasteiger partial charge in [-0.25, -0.2) is 0 Å². The molecule has 1 aromatic carbocycles. The van der Waals surface area contributed by atoms with Crippen LogP contribution in [-0.4, -0.2) is 10.9 Å². The molecule has 1 amide bonds. The third-order valence-corrected chi connectivity index (χ3v) is 3.64. The molecule has 0 saturated heterocycles. The van der Waals surface area contributed by atoms with E-state index < -0.39 is 0 Å². The number of benzene rings is 1. The smallest absolute Gasteiger partial charge is 0.256 e. The van der Waals surface area contributed by atoms with Crippen LogP contribution in [0.4, 0.5) is 11.4 Å². The Morgan fingerprint density at radius 1 is 1.39 bits per heavy atom. The monoisotopic (exact) mass is 417 g/mol. The van der Waals surface area contributed by atoms with E-state index in [4.69, 9.17) is 5.73 Å². The lowest BCUT2D eigenvalue weighted by Gasteiger charge is -2.09. The van der Waals surface area contributed by atoms with Crippen LogP contribution in [0, 0.1) is 3.57 Å². The van der Waals surface area contributed by atoms with Crippen molar-refractivity contribution in [1.29, 1.82) is 0 Å². The summed E-state index contributed by atoms with van der Waals surface area (Å²) in [5.41, 5.74) is 7.29. The van der Waals surface area contributed by atoms with Gasteiger partial charge in [-0.1, -0.05) is 0 Å². The molecule has 0 fully saturated rings. The summed E-state index contributed by atoms with van der Waals surface area (Å²) < 4.78 is 1.73. The number of carbonyl (C=O) groups excluding carboxylic acids is 1. The second-order valence-electron chi connectivity index (χ2n) is 3.54. The number of rotatable bonds is 2. The van der Waals surface area contributed by atoms with Gasteiger partial charge < -0.3 is 11.1 Å². The largest absolute Gasteiger partial charge is 0.396 e. The predicted octanol–water partition coefficient (Wildman–Crippen LogP) is 3.28. The van der Waals surface area contributed by atoms with Crippen molar-refractivity contribution in [2.24, 2.45) is 0 Å². The lowest BCUT2D eigenvalue weighted by Crippen LogP contribution is -2.14. The van der Waals surface area contributed by atoms with Gasteiger partial charge in [0.05, 0.1) is 23.1 Å². The fourth-order valence-corrected chi connectivity index (χ4v) is 2.30. The molecule has 0 spiro atoms. The second-order valence-corrected chi connectivity index (χ2v) is 5.64. The van der Waals surface area contributed by atoms with Gasteiger partial charge >= 0.3 is 0 Å². The molecule has 3 N–H and O–H groups in total. The van der Waals surface area contributed by atoms with Gasteiger partial charge in [-0.05, 0) is 62.8 Å². The first kappa shape index (κ1) is 13.3. The summed E-state index contributed by atoms with van der Waals surface area (Å²) >= 11 is 5.51. The molecule has 0 aliphatic rings. The first-order valence-corrected chi connectivity index (χ1v) is 6.91. The fraction of sp³-hybridized carbons (Fsp3) is 0. The Balaban J connectivity index is 2.28. The van der Waals surface area contributed by atoms with Crippen LogP contribution >= 0.6 is 38.5 Å². The number of carbonyl (C=O) groups is 1. The predicted molar refractivity (Wildman–Crippen MR) is 83.5 cm³/mol. The van der Waals surface area contributed by atoms with Crippen molar-refractivity contribution in [2.75, 3.05) is 11.1 Å². The molecule has 18 heavy (non-hydrogen) atoms. The number of halogens is 2. The molecular weight excluding hydrogens is 409 g/mol. The molecular formula is C12H9BrIN3O. The fourth-order valence-electron chi connectivity index (χ4n) is 1.38. The number of nitrogens with zero attached hydrogens (tertiary/aromatic N) is 1. The highest BCUT2D eigenvalue weighted by molar-refractivity contribution is 14.1. The van der Waals surface area contributed by atoms with Crippen LogP contribution in [0.2, 0.25) is 0 Å². The SMILES string of the molecule is Nc1cnccc1NC(=O)c1cc(I)ccc1Br. The Labute approximate surface area is 126 Å². The number of pyridine rings is 1. The van der Waals surface area contributed by atoms with Crippen LogP contribution < -0.4 is 11.1 Å². The average Bonchev–Trinajstić information content (AvgIpc) is 2.35. The first-order valence-electron chi connectivity index (χ1n) is 5.04. The Hall–Kier alpha value is -1.15. The van der Waals surface area contributed by atoms with Gasteiger partial charge in [0, 0.05) is 14.2 Å². The number of nitrogen functional groups attached to an aromatic ring is 1. The summed E-state index contributed by atoms with van der Waals surface area (Å²) in [6.45, 7) is 0. The number of anilines is 2. The molecule has 0 aliphatic carbocycles. The van der Waals surface area contributed by atoms with Crippen LogP contribution in [0.1, 0.15) is 10.4 Å². The number of amides is 1. The van der Waals surface area contributed by atoms with Crippen molar-refractivity contribution >= 4 is 55.8 Å². The highest BCUT2D eigenvalue weighted by Crippen LogP contribution is 2.22. The lowest BCUT2D eigenvalue weighted by molar-refractivity contribution is 0.102. The van der Waals surface area contributed by atoms with Crippen molar-refractivity contribution in [3.8, 4) is 0 Å². The third kappa shape index (κ3) is 2.99. The van der Waals surface area contributed by atoms with Gasteiger partial charge in [-0.3, -0.25) is 9.78 Å². The molecule has 2 rings (SSSR count). The maximum absolute atomic E-state index is 12.1. The number of nitrogens with two attached hydrogens (primary N) is 1. The topological polar surface area (TPSA) is 68.0 Å². The Morgan fingerprint density at radius 3 is 2.89 bits per heavy atom. The normalized spacial score (nSPS) is 10.1. The molecule has 4 nitrogen and oxygen atoms in total. The highest BCUT2D eigenvalue weighted by atomic mass is 127. The van der Waals surface area contributed by atoms with E-state index in [0.717, 1.165) is 8.04 Å². The van der Waals surface area contributed by atoms with Crippen molar-refractivity contribution in [2.45, 2.75) is 0 Å². The van der Waals surface area contributed by atoms with Crippen molar-refractivity contribution < 1.29 is 4.79 Å². The average molecular weight is 418 g/mol. The van der Waals surface area contributed by atoms with Crippen molar-refractivity contribution in [1.82, 2.24) is 4.98 Å². The molecule has 1 aromatic heterocycles. The van der Waals surface area contributed by atoms with Gasteiger partial charge in [-0.15, -0.1) is 0 Å². The molecule has 0 unspecified atom stereocenters. The van der Waals surface area contributed by atoms with Crippen LogP contribution in [0.25, 0.3) is 0 Å². The zero-order valence-electron chi connectivity index (χ0n) is 9.15. The summed E-state index contributed by atoms with van der Waals surface area (Å²) in [4.78, 5) is 16.0. The zero-order chi connectivity index (χ0) is 13.1. The Bertz CT molecular complexity index is 604. The highest BCUT2D eigenvalue weighted by Gasteiger charge is 2.11. The van der Waals surface area contributed by atoms with E-state index >= 15 is 0 Å².